The number of hydrogen-bond acceptors (Lipinski definition) is 3. The van der Waals surface area contributed by atoms with Crippen LogP contribution in [0.15, 0.2) is 24.8 Å². The van der Waals surface area contributed by atoms with Gasteiger partial charge in [-0.2, -0.15) is 0 Å². The molecular weight excluding hydrogens is 154 g/mol. The summed E-state index contributed by atoms with van der Waals surface area (Å²) in [7, 11) is 0. The number of ketones is 1. The Kier molecular flexibility index (Phi) is 1.40. The zero-order valence-electron chi connectivity index (χ0n) is 6.56. The molecule has 0 saturated heterocycles. The Labute approximate surface area is 68.9 Å². The Balaban J connectivity index is 2.79. The van der Waals surface area contributed by atoms with Gasteiger partial charge in [-0.25, -0.2) is 4.98 Å². The molecule has 0 aliphatic heterocycles. The van der Waals surface area contributed by atoms with Crippen LogP contribution in [0.2, 0.25) is 0 Å². The Hall–Kier alpha value is -1.71. The van der Waals surface area contributed by atoms with Crippen molar-refractivity contribution in [3.05, 3.63) is 30.5 Å². The molecule has 0 spiro atoms. The lowest BCUT2D eigenvalue weighted by atomic mass is 10.3. The number of nitrogens with zero attached hydrogens (tertiary/aromatic N) is 3. The lowest BCUT2D eigenvalue weighted by Gasteiger charge is -1.94. The van der Waals surface area contributed by atoms with Gasteiger partial charge in [0.05, 0.1) is 12.4 Å². The number of imidazole rings is 1. The summed E-state index contributed by atoms with van der Waals surface area (Å²) in [5, 5.41) is 0. The number of carbonyl (C=O) groups is 1. The second kappa shape index (κ2) is 2.41. The van der Waals surface area contributed by atoms with Crippen molar-refractivity contribution in [2.24, 2.45) is 0 Å². The van der Waals surface area contributed by atoms with Gasteiger partial charge < -0.3 is 0 Å². The summed E-state index contributed by atoms with van der Waals surface area (Å²) in [4.78, 5) is 18.9. The molecular formula is C8H7N3O. The molecule has 0 aliphatic rings. The lowest BCUT2D eigenvalue weighted by Crippen LogP contribution is -1.97. The third-order valence-electron chi connectivity index (χ3n) is 1.68. The SMILES string of the molecule is CC(=O)c1cnc2cnccn12. The van der Waals surface area contributed by atoms with Crippen LogP contribution in [-0.2, 0) is 0 Å². The second-order valence-electron chi connectivity index (χ2n) is 2.50. The summed E-state index contributed by atoms with van der Waals surface area (Å²) >= 11 is 0. The minimum absolute atomic E-state index is 0.00806. The molecule has 0 radical (unpaired) electrons. The molecule has 0 N–H and O–H groups in total. The topological polar surface area (TPSA) is 47.3 Å². The molecule has 2 rings (SSSR count). The molecule has 0 aliphatic carbocycles. The van der Waals surface area contributed by atoms with E-state index in [2.05, 4.69) is 9.97 Å². The lowest BCUT2D eigenvalue weighted by molar-refractivity contribution is 0.101. The van der Waals surface area contributed by atoms with E-state index in [-0.39, 0.29) is 5.78 Å². The third kappa shape index (κ3) is 0.887. The first-order chi connectivity index (χ1) is 5.79. The normalized spacial score (nSPS) is 10.4. The molecule has 0 unspecified atom stereocenters. The number of aromatic nitrogens is 3. The van der Waals surface area contributed by atoms with Crippen molar-refractivity contribution < 1.29 is 4.79 Å². The summed E-state index contributed by atoms with van der Waals surface area (Å²) < 4.78 is 1.72. The van der Waals surface area contributed by atoms with E-state index in [4.69, 9.17) is 0 Å². The number of rotatable bonds is 1. The second-order valence-corrected chi connectivity index (χ2v) is 2.50. The summed E-state index contributed by atoms with van der Waals surface area (Å²) in [5.41, 5.74) is 1.29. The smallest absolute Gasteiger partial charge is 0.178 e. The molecule has 0 amide bonds. The van der Waals surface area contributed by atoms with Crippen LogP contribution in [0.25, 0.3) is 5.65 Å². The van der Waals surface area contributed by atoms with Crippen LogP contribution in [0.3, 0.4) is 0 Å². The molecule has 2 aromatic rings. The average molecular weight is 161 g/mol. The van der Waals surface area contributed by atoms with Crippen molar-refractivity contribution >= 4 is 11.4 Å². The highest BCUT2D eigenvalue weighted by Gasteiger charge is 2.05. The average Bonchev–Trinajstić information content (AvgIpc) is 2.47. The fourth-order valence-electron chi connectivity index (χ4n) is 1.10. The summed E-state index contributed by atoms with van der Waals surface area (Å²) in [6.07, 6.45) is 6.52. The fraction of sp³-hybridized carbons (Fsp3) is 0.125. The van der Waals surface area contributed by atoms with E-state index >= 15 is 0 Å². The Morgan fingerprint density at radius 3 is 3.08 bits per heavy atom. The molecule has 2 aromatic heterocycles. The molecule has 4 heteroatoms. The number of hydrogen-bond donors (Lipinski definition) is 0. The van der Waals surface area contributed by atoms with Crippen molar-refractivity contribution in [2.75, 3.05) is 0 Å². The van der Waals surface area contributed by atoms with Crippen molar-refractivity contribution in [3.63, 3.8) is 0 Å². The number of fused-ring (bicyclic) bond motifs is 1. The monoisotopic (exact) mass is 161 g/mol. The van der Waals surface area contributed by atoms with E-state index in [9.17, 15) is 4.79 Å². The summed E-state index contributed by atoms with van der Waals surface area (Å²) in [5.74, 6) is 0.00806. The van der Waals surface area contributed by atoms with Gasteiger partial charge in [0.1, 0.15) is 5.69 Å². The first-order valence-electron chi connectivity index (χ1n) is 3.57. The van der Waals surface area contributed by atoms with Crippen molar-refractivity contribution in [1.82, 2.24) is 14.4 Å². The van der Waals surface area contributed by atoms with E-state index < -0.39 is 0 Å². The van der Waals surface area contributed by atoms with E-state index in [0.717, 1.165) is 0 Å². The Bertz CT molecular complexity index is 433. The van der Waals surface area contributed by atoms with Gasteiger partial charge in [-0.05, 0) is 0 Å². The molecule has 60 valence electrons. The van der Waals surface area contributed by atoms with E-state index in [1.165, 1.54) is 6.92 Å². The van der Waals surface area contributed by atoms with Crippen molar-refractivity contribution in [1.29, 1.82) is 0 Å². The molecule has 4 nitrogen and oxygen atoms in total. The van der Waals surface area contributed by atoms with Gasteiger partial charge >= 0.3 is 0 Å². The van der Waals surface area contributed by atoms with E-state index in [1.807, 2.05) is 0 Å². The molecule has 0 fully saturated rings. The zero-order valence-corrected chi connectivity index (χ0v) is 6.56. The highest BCUT2D eigenvalue weighted by molar-refractivity contribution is 5.92. The quantitative estimate of drug-likeness (QED) is 0.584. The fourth-order valence-corrected chi connectivity index (χ4v) is 1.10. The third-order valence-corrected chi connectivity index (χ3v) is 1.68. The van der Waals surface area contributed by atoms with Crippen LogP contribution in [-0.4, -0.2) is 20.2 Å². The Morgan fingerprint density at radius 2 is 2.33 bits per heavy atom. The van der Waals surface area contributed by atoms with Crippen LogP contribution in [0.1, 0.15) is 17.4 Å². The summed E-state index contributed by atoms with van der Waals surface area (Å²) in [6, 6.07) is 0. The van der Waals surface area contributed by atoms with Gasteiger partial charge in [0.2, 0.25) is 0 Å². The van der Waals surface area contributed by atoms with Gasteiger partial charge in [0.15, 0.2) is 11.4 Å². The van der Waals surface area contributed by atoms with E-state index in [1.54, 1.807) is 29.2 Å². The minimum atomic E-state index is 0.00806. The van der Waals surface area contributed by atoms with Crippen LogP contribution in [0.4, 0.5) is 0 Å². The van der Waals surface area contributed by atoms with Crippen LogP contribution in [0, 0.1) is 0 Å². The number of Topliss-reactive ketones (excluding diaryl/α,β-unsaturated/α-hetero) is 1. The summed E-state index contributed by atoms with van der Waals surface area (Å²) in [6.45, 7) is 1.52. The molecule has 2 heterocycles. The van der Waals surface area contributed by atoms with E-state index in [0.29, 0.717) is 11.3 Å². The van der Waals surface area contributed by atoms with Gasteiger partial charge in [0.25, 0.3) is 0 Å². The standard InChI is InChI=1S/C8H7N3O/c1-6(12)7-4-10-8-5-9-2-3-11(7)8/h2-5H,1H3. The maximum Gasteiger partial charge on any atom is 0.178 e. The van der Waals surface area contributed by atoms with Gasteiger partial charge in [-0.1, -0.05) is 0 Å². The van der Waals surface area contributed by atoms with Gasteiger partial charge in [0, 0.05) is 19.3 Å². The van der Waals surface area contributed by atoms with Crippen molar-refractivity contribution in [2.45, 2.75) is 6.92 Å². The first-order valence-corrected chi connectivity index (χ1v) is 3.57. The molecule has 0 saturated carbocycles. The van der Waals surface area contributed by atoms with Crippen LogP contribution in [0.5, 0.6) is 0 Å². The van der Waals surface area contributed by atoms with Gasteiger partial charge in [-0.3, -0.25) is 14.2 Å². The largest absolute Gasteiger partial charge is 0.294 e. The molecule has 0 aromatic carbocycles. The molecule has 12 heavy (non-hydrogen) atoms. The highest BCUT2D eigenvalue weighted by atomic mass is 16.1. The maximum atomic E-state index is 11.0. The predicted octanol–water partition coefficient (Wildman–Crippen LogP) is 0.932. The molecule has 0 bridgehead atoms. The predicted molar refractivity (Wildman–Crippen MR) is 43.0 cm³/mol. The van der Waals surface area contributed by atoms with Crippen LogP contribution >= 0.6 is 0 Å². The van der Waals surface area contributed by atoms with Crippen molar-refractivity contribution in [3.8, 4) is 0 Å². The minimum Gasteiger partial charge on any atom is -0.294 e. The maximum absolute atomic E-state index is 11.0. The Morgan fingerprint density at radius 1 is 1.50 bits per heavy atom. The zero-order chi connectivity index (χ0) is 8.55. The van der Waals surface area contributed by atoms with Crippen LogP contribution < -0.4 is 0 Å². The highest BCUT2D eigenvalue weighted by Crippen LogP contribution is 2.04. The molecule has 0 atom stereocenters. The first kappa shape index (κ1) is 6.97. The number of carbonyl (C=O) groups excluding carboxylic acids is 1. The van der Waals surface area contributed by atoms with Gasteiger partial charge in [-0.15, -0.1) is 0 Å².